The van der Waals surface area contributed by atoms with Crippen molar-refractivity contribution in [2.24, 2.45) is 0 Å². The van der Waals surface area contributed by atoms with Gasteiger partial charge in [-0.25, -0.2) is 0 Å². The molecular weight excluding hydrogens is 318 g/mol. The first-order valence-electron chi connectivity index (χ1n) is 7.55. The van der Waals surface area contributed by atoms with Crippen molar-refractivity contribution in [1.29, 1.82) is 0 Å². The Morgan fingerprint density at radius 1 is 1.60 bits per heavy atom. The maximum absolute atomic E-state index is 5.19. The lowest BCUT2D eigenvalue weighted by atomic mass is 9.84. The predicted molar refractivity (Wildman–Crippen MR) is 85.1 cm³/mol. The van der Waals surface area contributed by atoms with Gasteiger partial charge in [-0.1, -0.05) is 13.8 Å². The molecule has 0 aromatic carbocycles. The molecule has 1 saturated carbocycles. The summed E-state index contributed by atoms with van der Waals surface area (Å²) in [5, 5.41) is 8.16. The van der Waals surface area contributed by atoms with E-state index in [9.17, 15) is 0 Å². The van der Waals surface area contributed by atoms with Crippen LogP contribution >= 0.6 is 15.9 Å². The van der Waals surface area contributed by atoms with E-state index in [2.05, 4.69) is 44.9 Å². The second-order valence-electron chi connectivity index (χ2n) is 6.01. The van der Waals surface area contributed by atoms with Gasteiger partial charge < -0.3 is 10.1 Å². The van der Waals surface area contributed by atoms with E-state index >= 15 is 0 Å². The van der Waals surface area contributed by atoms with Gasteiger partial charge in [-0.05, 0) is 48.2 Å². The SMILES string of the molecule is CCCNC1CCC(C)(c2c(Br)cnn2CCOC)C1. The molecule has 5 heteroatoms. The van der Waals surface area contributed by atoms with Crippen LogP contribution in [0.3, 0.4) is 0 Å². The number of methoxy groups -OCH3 is 1. The highest BCUT2D eigenvalue weighted by Crippen LogP contribution is 2.43. The maximum Gasteiger partial charge on any atom is 0.0659 e. The summed E-state index contributed by atoms with van der Waals surface area (Å²) in [6, 6.07) is 0.637. The first-order chi connectivity index (χ1) is 9.60. The topological polar surface area (TPSA) is 39.1 Å². The molecule has 0 amide bonds. The number of aromatic nitrogens is 2. The molecule has 1 aliphatic carbocycles. The van der Waals surface area contributed by atoms with Crippen LogP contribution in [-0.4, -0.2) is 36.1 Å². The van der Waals surface area contributed by atoms with Gasteiger partial charge in [-0.15, -0.1) is 0 Å². The van der Waals surface area contributed by atoms with E-state index in [1.807, 2.05) is 6.20 Å². The van der Waals surface area contributed by atoms with Gasteiger partial charge in [-0.3, -0.25) is 4.68 Å². The van der Waals surface area contributed by atoms with Crippen molar-refractivity contribution < 1.29 is 4.74 Å². The molecule has 2 unspecified atom stereocenters. The van der Waals surface area contributed by atoms with Crippen molar-refractivity contribution in [3.8, 4) is 0 Å². The van der Waals surface area contributed by atoms with Crippen molar-refractivity contribution in [2.75, 3.05) is 20.3 Å². The minimum Gasteiger partial charge on any atom is -0.383 e. The van der Waals surface area contributed by atoms with Gasteiger partial charge in [0.1, 0.15) is 0 Å². The number of nitrogens with one attached hydrogen (secondary N) is 1. The zero-order valence-corrected chi connectivity index (χ0v) is 14.4. The molecule has 0 aliphatic heterocycles. The van der Waals surface area contributed by atoms with Crippen LogP contribution in [-0.2, 0) is 16.7 Å². The number of rotatable bonds is 7. The highest BCUT2D eigenvalue weighted by Gasteiger charge is 2.39. The van der Waals surface area contributed by atoms with Crippen molar-refractivity contribution in [3.05, 3.63) is 16.4 Å². The number of ether oxygens (including phenoxy) is 1. The maximum atomic E-state index is 5.19. The van der Waals surface area contributed by atoms with E-state index in [1.54, 1.807) is 7.11 Å². The van der Waals surface area contributed by atoms with E-state index in [4.69, 9.17) is 4.74 Å². The average molecular weight is 344 g/mol. The highest BCUT2D eigenvalue weighted by atomic mass is 79.9. The van der Waals surface area contributed by atoms with Crippen molar-refractivity contribution >= 4 is 15.9 Å². The van der Waals surface area contributed by atoms with Crippen molar-refractivity contribution in [1.82, 2.24) is 15.1 Å². The normalized spacial score (nSPS) is 26.3. The number of hydrogen-bond acceptors (Lipinski definition) is 3. The van der Waals surface area contributed by atoms with Crippen LogP contribution in [0.4, 0.5) is 0 Å². The molecule has 1 fully saturated rings. The predicted octanol–water partition coefficient (Wildman–Crippen LogP) is 3.10. The van der Waals surface area contributed by atoms with Crippen LogP contribution in [0.5, 0.6) is 0 Å². The molecule has 1 N–H and O–H groups in total. The van der Waals surface area contributed by atoms with Crippen LogP contribution in [0.1, 0.15) is 45.2 Å². The summed E-state index contributed by atoms with van der Waals surface area (Å²) < 4.78 is 8.43. The van der Waals surface area contributed by atoms with E-state index in [0.717, 1.165) is 17.6 Å². The molecule has 20 heavy (non-hydrogen) atoms. The van der Waals surface area contributed by atoms with Crippen molar-refractivity contribution in [2.45, 2.75) is 57.5 Å². The van der Waals surface area contributed by atoms with Crippen LogP contribution < -0.4 is 5.32 Å². The van der Waals surface area contributed by atoms with E-state index in [-0.39, 0.29) is 5.41 Å². The molecule has 4 nitrogen and oxygen atoms in total. The van der Waals surface area contributed by atoms with E-state index in [1.165, 1.54) is 31.4 Å². The fraction of sp³-hybridized carbons (Fsp3) is 0.800. The molecule has 0 bridgehead atoms. The lowest BCUT2D eigenvalue weighted by Crippen LogP contribution is -2.31. The quantitative estimate of drug-likeness (QED) is 0.826. The van der Waals surface area contributed by atoms with Gasteiger partial charge in [0, 0.05) is 18.6 Å². The lowest BCUT2D eigenvalue weighted by molar-refractivity contribution is 0.180. The largest absolute Gasteiger partial charge is 0.383 e. The standard InChI is InChI=1S/C15H26BrN3O/c1-4-7-17-12-5-6-15(2,10-12)14-13(16)11-18-19(14)8-9-20-3/h11-12,17H,4-10H2,1-3H3. The number of nitrogens with zero attached hydrogens (tertiary/aromatic N) is 2. The van der Waals surface area contributed by atoms with Gasteiger partial charge in [0.2, 0.25) is 0 Å². The minimum atomic E-state index is 0.203. The molecule has 0 spiro atoms. The smallest absolute Gasteiger partial charge is 0.0659 e. The fourth-order valence-electron chi connectivity index (χ4n) is 3.29. The monoisotopic (exact) mass is 343 g/mol. The lowest BCUT2D eigenvalue weighted by Gasteiger charge is -2.26. The Hall–Kier alpha value is -0.390. The summed E-state index contributed by atoms with van der Waals surface area (Å²) >= 11 is 3.68. The van der Waals surface area contributed by atoms with E-state index in [0.29, 0.717) is 12.6 Å². The molecule has 0 saturated heterocycles. The third-order valence-electron chi connectivity index (χ3n) is 4.30. The van der Waals surface area contributed by atoms with Crippen LogP contribution in [0, 0.1) is 0 Å². The summed E-state index contributed by atoms with van der Waals surface area (Å²) in [7, 11) is 1.74. The van der Waals surface area contributed by atoms with Crippen molar-refractivity contribution in [3.63, 3.8) is 0 Å². The molecule has 1 heterocycles. The highest BCUT2D eigenvalue weighted by molar-refractivity contribution is 9.10. The molecule has 0 radical (unpaired) electrons. The first kappa shape index (κ1) is 16.0. The second-order valence-corrected chi connectivity index (χ2v) is 6.87. The third kappa shape index (κ3) is 3.43. The zero-order valence-electron chi connectivity index (χ0n) is 12.8. The summed E-state index contributed by atoms with van der Waals surface area (Å²) in [5.41, 5.74) is 1.53. The van der Waals surface area contributed by atoms with E-state index < -0.39 is 0 Å². The van der Waals surface area contributed by atoms with Crippen LogP contribution in [0.15, 0.2) is 10.7 Å². The number of halogens is 1. The van der Waals surface area contributed by atoms with Gasteiger partial charge in [0.05, 0.1) is 29.5 Å². The van der Waals surface area contributed by atoms with Gasteiger partial charge in [0.25, 0.3) is 0 Å². The molecule has 114 valence electrons. The summed E-state index contributed by atoms with van der Waals surface area (Å²) in [4.78, 5) is 0. The molecule has 2 atom stereocenters. The minimum absolute atomic E-state index is 0.203. The molecule has 1 aromatic rings. The Labute approximate surface area is 130 Å². The summed E-state index contributed by atoms with van der Waals surface area (Å²) in [5.74, 6) is 0. The summed E-state index contributed by atoms with van der Waals surface area (Å²) in [6.45, 7) is 7.23. The Morgan fingerprint density at radius 2 is 2.40 bits per heavy atom. The fourth-order valence-corrected chi connectivity index (χ4v) is 4.06. The molecule has 1 aliphatic rings. The Balaban J connectivity index is 2.12. The van der Waals surface area contributed by atoms with Crippen LogP contribution in [0.2, 0.25) is 0 Å². The second kappa shape index (κ2) is 7.05. The Kier molecular flexibility index (Phi) is 5.64. The van der Waals surface area contributed by atoms with Crippen LogP contribution in [0.25, 0.3) is 0 Å². The number of hydrogen-bond donors (Lipinski definition) is 1. The zero-order chi connectivity index (χ0) is 14.6. The summed E-state index contributed by atoms with van der Waals surface area (Å²) in [6.07, 6.45) is 6.76. The molecular formula is C15H26BrN3O. The molecule has 1 aromatic heterocycles. The van der Waals surface area contributed by atoms with Gasteiger partial charge >= 0.3 is 0 Å². The molecule has 2 rings (SSSR count). The average Bonchev–Trinajstić information content (AvgIpc) is 2.98. The first-order valence-corrected chi connectivity index (χ1v) is 8.34. The Morgan fingerprint density at radius 3 is 3.10 bits per heavy atom. The van der Waals surface area contributed by atoms with Gasteiger partial charge in [-0.2, -0.15) is 5.10 Å². The van der Waals surface area contributed by atoms with Gasteiger partial charge in [0.15, 0.2) is 0 Å². The third-order valence-corrected chi connectivity index (χ3v) is 4.88. The Bertz CT molecular complexity index is 435.